The zero-order valence-electron chi connectivity index (χ0n) is 10.8. The first-order chi connectivity index (χ1) is 9.08. The van der Waals surface area contributed by atoms with Crippen molar-refractivity contribution >= 4 is 34.6 Å². The lowest BCUT2D eigenvalue weighted by Crippen LogP contribution is -2.51. The molecule has 1 amide bonds. The number of carbonyl (C=O) groups excluding carboxylic acids is 2. The smallest absolute Gasteiger partial charge is 0.240 e. The number of alkyl halides is 1. The summed E-state index contributed by atoms with van der Waals surface area (Å²) in [6.45, 7) is 4.87. The molecule has 0 spiro atoms. The van der Waals surface area contributed by atoms with Crippen LogP contribution in [-0.2, 0) is 4.79 Å². The van der Waals surface area contributed by atoms with Gasteiger partial charge in [-0.25, -0.2) is 0 Å². The second kappa shape index (κ2) is 6.50. The number of Topliss-reactive ketones (excluding diaryl/α,β-unsaturated/α-hetero) is 1. The summed E-state index contributed by atoms with van der Waals surface area (Å²) in [6.07, 6.45) is 0. The van der Waals surface area contributed by atoms with Gasteiger partial charge in [0.05, 0.1) is 11.4 Å². The van der Waals surface area contributed by atoms with Gasteiger partial charge in [0, 0.05) is 26.2 Å². The van der Waals surface area contributed by atoms with Crippen LogP contribution in [0.2, 0.25) is 0 Å². The highest BCUT2D eigenvalue weighted by Crippen LogP contribution is 2.12. The summed E-state index contributed by atoms with van der Waals surface area (Å²) in [7, 11) is 0. The van der Waals surface area contributed by atoms with E-state index in [9.17, 15) is 9.59 Å². The predicted octanol–water partition coefficient (Wildman–Crippen LogP) is 1.70. The van der Waals surface area contributed by atoms with Crippen LogP contribution in [0.3, 0.4) is 0 Å². The topological polar surface area (TPSA) is 40.6 Å². The number of amides is 1. The average molecular weight is 301 g/mol. The molecule has 1 atom stereocenters. The van der Waals surface area contributed by atoms with E-state index in [1.165, 1.54) is 11.3 Å². The molecule has 0 saturated carbocycles. The molecular formula is C13H17ClN2O2S. The number of rotatable bonds is 4. The largest absolute Gasteiger partial charge is 0.339 e. The Morgan fingerprint density at radius 3 is 2.58 bits per heavy atom. The molecule has 0 N–H and O–H groups in total. The van der Waals surface area contributed by atoms with E-state index in [1.54, 1.807) is 11.8 Å². The van der Waals surface area contributed by atoms with Crippen molar-refractivity contribution in [1.82, 2.24) is 9.80 Å². The Kier molecular flexibility index (Phi) is 4.96. The Morgan fingerprint density at radius 2 is 2.05 bits per heavy atom. The van der Waals surface area contributed by atoms with Crippen molar-refractivity contribution in [3.8, 4) is 0 Å². The van der Waals surface area contributed by atoms with Crippen molar-refractivity contribution in [2.24, 2.45) is 0 Å². The first kappa shape index (κ1) is 14.5. The Hall–Kier alpha value is -0.910. The molecule has 0 bridgehead atoms. The highest BCUT2D eigenvalue weighted by atomic mass is 35.5. The van der Waals surface area contributed by atoms with E-state index in [2.05, 4.69) is 4.90 Å². The summed E-state index contributed by atoms with van der Waals surface area (Å²) >= 11 is 7.26. The van der Waals surface area contributed by atoms with Crippen LogP contribution in [0.5, 0.6) is 0 Å². The van der Waals surface area contributed by atoms with Crippen LogP contribution in [-0.4, -0.2) is 59.6 Å². The normalized spacial score (nSPS) is 18.3. The molecule has 4 nitrogen and oxygen atoms in total. The maximum atomic E-state index is 12.0. The number of carbonyl (C=O) groups is 2. The molecule has 1 aromatic heterocycles. The van der Waals surface area contributed by atoms with Crippen molar-refractivity contribution in [2.45, 2.75) is 12.3 Å². The number of halogens is 1. The third-order valence-corrected chi connectivity index (χ3v) is 4.29. The predicted molar refractivity (Wildman–Crippen MR) is 77.0 cm³/mol. The Balaban J connectivity index is 1.81. The fourth-order valence-electron chi connectivity index (χ4n) is 2.10. The fraction of sp³-hybridized carbons (Fsp3) is 0.538. The molecule has 2 rings (SSSR count). The first-order valence-electron chi connectivity index (χ1n) is 6.30. The van der Waals surface area contributed by atoms with Gasteiger partial charge in [0.25, 0.3) is 0 Å². The third-order valence-electron chi connectivity index (χ3n) is 3.19. The van der Waals surface area contributed by atoms with Gasteiger partial charge in [-0.1, -0.05) is 6.07 Å². The van der Waals surface area contributed by atoms with Crippen molar-refractivity contribution in [3.63, 3.8) is 0 Å². The zero-order chi connectivity index (χ0) is 13.8. The van der Waals surface area contributed by atoms with Gasteiger partial charge in [0.15, 0.2) is 5.78 Å². The van der Waals surface area contributed by atoms with E-state index in [4.69, 9.17) is 11.6 Å². The highest BCUT2D eigenvalue weighted by Gasteiger charge is 2.24. The summed E-state index contributed by atoms with van der Waals surface area (Å²) in [6, 6.07) is 3.73. The van der Waals surface area contributed by atoms with Crippen LogP contribution in [0.15, 0.2) is 17.5 Å². The number of ketones is 1. The van der Waals surface area contributed by atoms with Crippen molar-refractivity contribution in [1.29, 1.82) is 0 Å². The summed E-state index contributed by atoms with van der Waals surface area (Å²) in [5.74, 6) is 0.131. The van der Waals surface area contributed by atoms with Crippen LogP contribution in [0, 0.1) is 0 Å². The second-order valence-corrected chi connectivity index (χ2v) is 6.22. The molecule has 1 aromatic rings. The Labute approximate surface area is 121 Å². The van der Waals surface area contributed by atoms with E-state index in [0.717, 1.165) is 18.0 Å². The minimum absolute atomic E-state index is 0.0223. The third kappa shape index (κ3) is 3.78. The molecule has 1 aliphatic heterocycles. The van der Waals surface area contributed by atoms with Crippen LogP contribution < -0.4 is 0 Å². The van der Waals surface area contributed by atoms with E-state index in [0.29, 0.717) is 19.6 Å². The maximum Gasteiger partial charge on any atom is 0.240 e. The Bertz CT molecular complexity index is 440. The maximum absolute atomic E-state index is 12.0. The van der Waals surface area contributed by atoms with Gasteiger partial charge >= 0.3 is 0 Å². The number of piperazine rings is 1. The molecule has 0 radical (unpaired) electrons. The van der Waals surface area contributed by atoms with Gasteiger partial charge in [0.1, 0.15) is 5.38 Å². The van der Waals surface area contributed by atoms with E-state index in [-0.39, 0.29) is 11.7 Å². The zero-order valence-corrected chi connectivity index (χ0v) is 12.4. The number of thiophene rings is 1. The van der Waals surface area contributed by atoms with Gasteiger partial charge in [-0.05, 0) is 18.4 Å². The standard InChI is InChI=1S/C13H17ClN2O2S/c1-10(14)13(18)16-6-4-15(5-7-16)9-11(17)12-3-2-8-19-12/h2-3,8,10H,4-7,9H2,1H3. The molecule has 19 heavy (non-hydrogen) atoms. The molecule has 1 aliphatic rings. The van der Waals surface area contributed by atoms with E-state index >= 15 is 0 Å². The summed E-state index contributed by atoms with van der Waals surface area (Å²) in [5.41, 5.74) is 0. The molecule has 1 fully saturated rings. The summed E-state index contributed by atoms with van der Waals surface area (Å²) in [4.78, 5) is 28.3. The van der Waals surface area contributed by atoms with Gasteiger partial charge < -0.3 is 4.90 Å². The summed E-state index contributed by atoms with van der Waals surface area (Å²) < 4.78 is 0. The molecule has 0 aromatic carbocycles. The lowest BCUT2D eigenvalue weighted by atomic mass is 10.2. The second-order valence-electron chi connectivity index (χ2n) is 4.62. The number of hydrogen-bond donors (Lipinski definition) is 0. The monoisotopic (exact) mass is 300 g/mol. The van der Waals surface area contributed by atoms with E-state index < -0.39 is 5.38 Å². The average Bonchev–Trinajstić information content (AvgIpc) is 2.92. The molecule has 2 heterocycles. The van der Waals surface area contributed by atoms with Gasteiger partial charge in [0.2, 0.25) is 5.91 Å². The highest BCUT2D eigenvalue weighted by molar-refractivity contribution is 7.12. The lowest BCUT2D eigenvalue weighted by Gasteiger charge is -2.34. The molecule has 1 saturated heterocycles. The van der Waals surface area contributed by atoms with Gasteiger partial charge in [-0.15, -0.1) is 22.9 Å². The minimum atomic E-state index is -0.473. The lowest BCUT2D eigenvalue weighted by molar-refractivity contribution is -0.132. The van der Waals surface area contributed by atoms with Crippen molar-refractivity contribution < 1.29 is 9.59 Å². The van der Waals surface area contributed by atoms with Crippen LogP contribution in [0.25, 0.3) is 0 Å². The fourth-order valence-corrected chi connectivity index (χ4v) is 2.89. The van der Waals surface area contributed by atoms with Gasteiger partial charge in [-0.2, -0.15) is 0 Å². The quantitative estimate of drug-likeness (QED) is 0.628. The molecule has 1 unspecified atom stereocenters. The number of nitrogens with zero attached hydrogens (tertiary/aromatic N) is 2. The first-order valence-corrected chi connectivity index (χ1v) is 7.61. The van der Waals surface area contributed by atoms with Gasteiger partial charge in [-0.3, -0.25) is 14.5 Å². The van der Waals surface area contributed by atoms with Crippen molar-refractivity contribution in [2.75, 3.05) is 32.7 Å². The molecule has 6 heteroatoms. The van der Waals surface area contributed by atoms with Crippen LogP contribution in [0.1, 0.15) is 16.6 Å². The van der Waals surface area contributed by atoms with E-state index in [1.807, 2.05) is 17.5 Å². The van der Waals surface area contributed by atoms with Crippen LogP contribution >= 0.6 is 22.9 Å². The minimum Gasteiger partial charge on any atom is -0.339 e. The van der Waals surface area contributed by atoms with Crippen LogP contribution in [0.4, 0.5) is 0 Å². The summed E-state index contributed by atoms with van der Waals surface area (Å²) in [5, 5.41) is 1.44. The Morgan fingerprint density at radius 1 is 1.37 bits per heavy atom. The SMILES string of the molecule is CC(Cl)C(=O)N1CCN(CC(=O)c2cccs2)CC1. The van der Waals surface area contributed by atoms with Crippen molar-refractivity contribution in [3.05, 3.63) is 22.4 Å². The molecule has 104 valence electrons. The molecule has 0 aliphatic carbocycles. The molecular weight excluding hydrogens is 284 g/mol. The number of hydrogen-bond acceptors (Lipinski definition) is 4.